The summed E-state index contributed by atoms with van der Waals surface area (Å²) in [6.07, 6.45) is 7.51. The Hall–Kier alpha value is -0.500. The predicted octanol–water partition coefficient (Wildman–Crippen LogP) is 2.23. The molecule has 0 spiro atoms. The number of nitrogens with zero attached hydrogens (tertiary/aromatic N) is 3. The van der Waals surface area contributed by atoms with Crippen molar-refractivity contribution < 1.29 is 8.42 Å². The van der Waals surface area contributed by atoms with Crippen LogP contribution in [0.1, 0.15) is 42.5 Å². The molecule has 5 nitrogen and oxygen atoms in total. The average molecular weight is 358 g/mol. The number of likely N-dealkylation sites (tertiary alicyclic amines) is 1. The zero-order valence-corrected chi connectivity index (χ0v) is 15.9. The largest absolute Gasteiger partial charge is 0.300 e. The first kappa shape index (κ1) is 17.3. The lowest BCUT2D eigenvalue weighted by atomic mass is 9.80. The van der Waals surface area contributed by atoms with Gasteiger partial charge in [-0.15, -0.1) is 11.3 Å². The van der Waals surface area contributed by atoms with Crippen molar-refractivity contribution in [3.05, 3.63) is 16.1 Å². The van der Waals surface area contributed by atoms with Crippen LogP contribution >= 0.6 is 11.3 Å². The summed E-state index contributed by atoms with van der Waals surface area (Å²) < 4.78 is 24.9. The summed E-state index contributed by atoms with van der Waals surface area (Å²) in [5, 5.41) is 1.28. The van der Waals surface area contributed by atoms with Gasteiger partial charge < -0.3 is 4.90 Å². The highest BCUT2D eigenvalue weighted by atomic mass is 32.2. The summed E-state index contributed by atoms with van der Waals surface area (Å²) in [4.78, 5) is 8.47. The number of piperidine rings is 2. The van der Waals surface area contributed by atoms with Crippen LogP contribution in [0.5, 0.6) is 0 Å². The summed E-state index contributed by atoms with van der Waals surface area (Å²) in [5.41, 5.74) is 0.211. The molecule has 3 rings (SSSR count). The molecule has 130 valence electrons. The maximum absolute atomic E-state index is 11.6. The number of thiazole rings is 1. The van der Waals surface area contributed by atoms with E-state index in [1.807, 2.05) is 17.5 Å². The maximum Gasteiger partial charge on any atom is 0.211 e. The van der Waals surface area contributed by atoms with Crippen molar-refractivity contribution in [1.29, 1.82) is 0 Å². The Kier molecular flexibility index (Phi) is 4.84. The molecule has 0 N–H and O–H groups in total. The van der Waals surface area contributed by atoms with Crippen molar-refractivity contribution in [2.24, 2.45) is 0 Å². The van der Waals surface area contributed by atoms with E-state index in [1.54, 1.807) is 4.31 Å². The fourth-order valence-corrected chi connectivity index (χ4v) is 5.61. The quantitative estimate of drug-likeness (QED) is 0.832. The van der Waals surface area contributed by atoms with Gasteiger partial charge in [-0.3, -0.25) is 0 Å². The monoisotopic (exact) mass is 357 g/mol. The van der Waals surface area contributed by atoms with Gasteiger partial charge in [0.2, 0.25) is 10.0 Å². The van der Waals surface area contributed by atoms with Gasteiger partial charge in [-0.05, 0) is 45.7 Å². The number of aryl methyl sites for hydroxylation is 1. The predicted molar refractivity (Wildman–Crippen MR) is 94.4 cm³/mol. The molecular formula is C16H27N3O2S2. The molecular weight excluding hydrogens is 330 g/mol. The van der Waals surface area contributed by atoms with Gasteiger partial charge in [0.05, 0.1) is 11.3 Å². The van der Waals surface area contributed by atoms with E-state index in [9.17, 15) is 8.42 Å². The number of hydrogen-bond donors (Lipinski definition) is 0. The first-order valence-electron chi connectivity index (χ1n) is 8.40. The van der Waals surface area contributed by atoms with Crippen LogP contribution in [0.25, 0.3) is 0 Å². The number of aromatic nitrogens is 1. The lowest BCUT2D eigenvalue weighted by molar-refractivity contribution is 0.0894. The number of hydrogen-bond acceptors (Lipinski definition) is 5. The molecule has 23 heavy (non-hydrogen) atoms. The Morgan fingerprint density at radius 3 is 2.30 bits per heavy atom. The summed E-state index contributed by atoms with van der Waals surface area (Å²) in [6, 6.07) is 0.538. The van der Waals surface area contributed by atoms with Crippen LogP contribution in [-0.2, 0) is 15.4 Å². The molecule has 1 aromatic rings. The highest BCUT2D eigenvalue weighted by molar-refractivity contribution is 7.88. The lowest BCUT2D eigenvalue weighted by Gasteiger charge is -2.44. The van der Waals surface area contributed by atoms with Gasteiger partial charge in [0.15, 0.2) is 0 Å². The average Bonchev–Trinajstić information content (AvgIpc) is 2.95. The Morgan fingerprint density at radius 2 is 1.83 bits per heavy atom. The van der Waals surface area contributed by atoms with E-state index >= 15 is 0 Å². The third kappa shape index (κ3) is 3.78. The molecule has 3 heterocycles. The van der Waals surface area contributed by atoms with Gasteiger partial charge in [0.25, 0.3) is 0 Å². The van der Waals surface area contributed by atoms with Crippen molar-refractivity contribution in [3.8, 4) is 0 Å². The molecule has 2 saturated heterocycles. The van der Waals surface area contributed by atoms with Crippen molar-refractivity contribution in [1.82, 2.24) is 14.2 Å². The van der Waals surface area contributed by atoms with Crippen LogP contribution in [-0.4, -0.2) is 61.1 Å². The van der Waals surface area contributed by atoms with Crippen LogP contribution in [0.3, 0.4) is 0 Å². The van der Waals surface area contributed by atoms with E-state index in [-0.39, 0.29) is 5.41 Å². The van der Waals surface area contributed by atoms with E-state index < -0.39 is 10.0 Å². The fraction of sp³-hybridized carbons (Fsp3) is 0.812. The standard InChI is InChI=1S/C16H27N3O2S2/c1-13-12-17-15(22-13)16(2)6-10-18(11-7-16)14-4-8-19(9-5-14)23(3,20)21/h12,14H,4-11H2,1-3H3. The van der Waals surface area contributed by atoms with E-state index in [1.165, 1.54) is 16.1 Å². The minimum absolute atomic E-state index is 0.211. The first-order chi connectivity index (χ1) is 10.8. The molecule has 0 aliphatic carbocycles. The molecule has 0 amide bonds. The third-order valence-electron chi connectivity index (χ3n) is 5.45. The summed E-state index contributed by atoms with van der Waals surface area (Å²) in [6.45, 7) is 7.99. The summed E-state index contributed by atoms with van der Waals surface area (Å²) in [7, 11) is -3.02. The van der Waals surface area contributed by atoms with Crippen LogP contribution < -0.4 is 0 Å². The Labute approximate surface area is 143 Å². The van der Waals surface area contributed by atoms with Crippen LogP contribution in [0, 0.1) is 6.92 Å². The fourth-order valence-electron chi connectivity index (χ4n) is 3.77. The molecule has 2 aliphatic heterocycles. The van der Waals surface area contributed by atoms with Crippen LogP contribution in [0.4, 0.5) is 0 Å². The van der Waals surface area contributed by atoms with E-state index in [0.29, 0.717) is 19.1 Å². The second kappa shape index (κ2) is 6.43. The van der Waals surface area contributed by atoms with Gasteiger partial charge in [-0.25, -0.2) is 17.7 Å². The maximum atomic E-state index is 11.6. The Morgan fingerprint density at radius 1 is 1.22 bits per heavy atom. The van der Waals surface area contributed by atoms with Crippen molar-refractivity contribution in [2.45, 2.75) is 51.0 Å². The van der Waals surface area contributed by atoms with Crippen molar-refractivity contribution in [3.63, 3.8) is 0 Å². The van der Waals surface area contributed by atoms with Crippen LogP contribution in [0.2, 0.25) is 0 Å². The van der Waals surface area contributed by atoms with Crippen molar-refractivity contribution in [2.75, 3.05) is 32.4 Å². The highest BCUT2D eigenvalue weighted by Crippen LogP contribution is 2.38. The van der Waals surface area contributed by atoms with Crippen molar-refractivity contribution >= 4 is 21.4 Å². The molecule has 0 bridgehead atoms. The smallest absolute Gasteiger partial charge is 0.211 e. The van der Waals surface area contributed by atoms with E-state index in [4.69, 9.17) is 0 Å². The molecule has 7 heteroatoms. The Balaban J connectivity index is 1.56. The molecule has 0 unspecified atom stereocenters. The molecule has 0 radical (unpaired) electrons. The molecule has 2 aliphatic rings. The Bertz CT molecular complexity index is 640. The minimum Gasteiger partial charge on any atom is -0.300 e. The van der Waals surface area contributed by atoms with Gasteiger partial charge in [-0.1, -0.05) is 6.92 Å². The highest BCUT2D eigenvalue weighted by Gasteiger charge is 2.37. The van der Waals surface area contributed by atoms with Gasteiger partial charge in [0, 0.05) is 35.6 Å². The number of sulfonamides is 1. The van der Waals surface area contributed by atoms with Gasteiger partial charge in [0.1, 0.15) is 0 Å². The normalized spacial score (nSPS) is 24.8. The molecule has 0 aromatic carbocycles. The topological polar surface area (TPSA) is 53.5 Å². The van der Waals surface area contributed by atoms with Gasteiger partial charge in [-0.2, -0.15) is 0 Å². The number of rotatable bonds is 3. The SMILES string of the molecule is Cc1cnc(C2(C)CCN(C3CCN(S(C)(=O)=O)CC3)CC2)s1. The molecule has 0 atom stereocenters. The third-order valence-corrected chi connectivity index (χ3v) is 7.97. The lowest BCUT2D eigenvalue weighted by Crippen LogP contribution is -2.50. The zero-order chi connectivity index (χ0) is 16.7. The first-order valence-corrected chi connectivity index (χ1v) is 11.1. The second-order valence-electron chi connectivity index (χ2n) is 7.27. The molecule has 1 aromatic heterocycles. The van der Waals surface area contributed by atoms with E-state index in [0.717, 1.165) is 38.8 Å². The van der Waals surface area contributed by atoms with E-state index in [2.05, 4.69) is 23.7 Å². The zero-order valence-electron chi connectivity index (χ0n) is 14.3. The second-order valence-corrected chi connectivity index (χ2v) is 10.5. The molecule has 0 saturated carbocycles. The summed E-state index contributed by atoms with van der Waals surface area (Å²) >= 11 is 1.83. The minimum atomic E-state index is -3.02. The summed E-state index contributed by atoms with van der Waals surface area (Å²) in [5.74, 6) is 0. The van der Waals surface area contributed by atoms with Gasteiger partial charge >= 0.3 is 0 Å². The van der Waals surface area contributed by atoms with Crippen LogP contribution in [0.15, 0.2) is 6.20 Å². The molecule has 2 fully saturated rings.